The van der Waals surface area contributed by atoms with E-state index in [0.717, 1.165) is 19.4 Å². The molecule has 4 aliphatic heterocycles. The van der Waals surface area contributed by atoms with Gasteiger partial charge >= 0.3 is 0 Å². The van der Waals surface area contributed by atoms with Gasteiger partial charge in [-0.2, -0.15) is 0 Å². The Morgan fingerprint density at radius 3 is 2.74 bits per heavy atom. The lowest BCUT2D eigenvalue weighted by molar-refractivity contribution is -0.131. The fraction of sp³-hybridized carbons (Fsp3) is 0.353. The molecular formula is C34H31ClF2N6O3. The van der Waals surface area contributed by atoms with Crippen LogP contribution in [-0.4, -0.2) is 89.0 Å². The minimum absolute atomic E-state index is 0.0185. The van der Waals surface area contributed by atoms with E-state index in [1.165, 1.54) is 12.1 Å². The molecule has 12 heteroatoms. The third kappa shape index (κ3) is 4.07. The lowest BCUT2D eigenvalue weighted by atomic mass is 9.93. The Morgan fingerprint density at radius 2 is 1.98 bits per heavy atom. The summed E-state index contributed by atoms with van der Waals surface area (Å²) in [6, 6.07) is 6.84. The van der Waals surface area contributed by atoms with E-state index in [1.54, 1.807) is 40.3 Å². The summed E-state index contributed by atoms with van der Waals surface area (Å²) in [5.74, 6) is -1.55. The first-order valence-electron chi connectivity index (χ1n) is 15.4. The Hall–Kier alpha value is -4.35. The largest absolute Gasteiger partial charge is 0.474 e. The topological polar surface area (TPSA) is 82.1 Å². The second-order valence-corrected chi connectivity index (χ2v) is 12.9. The van der Waals surface area contributed by atoms with Crippen molar-refractivity contribution < 1.29 is 23.1 Å². The number of amides is 2. The van der Waals surface area contributed by atoms with Gasteiger partial charge in [0.2, 0.25) is 11.8 Å². The molecule has 2 aromatic heterocycles. The summed E-state index contributed by atoms with van der Waals surface area (Å²) in [6.07, 6.45) is 4.73. The standard InChI is InChI=1S/C34H31ClF2N6O3/c1-4-25(44)41-15-23-34(45)43-24(22-9-6-12-40(22)3)16-46-33-32(43)31(42(23)14-17(41)2)20-13-38-29(28(37)30(20)39-33)19-8-5-7-18-10-11-21(36)27(35)26(18)19/h4-5,7-8,10-11,13,17,22-24H,1,6,9,12,14-16H2,2-3H3/t17-,22+,23-,24+/m1/s1. The van der Waals surface area contributed by atoms with Crippen LogP contribution in [0.1, 0.15) is 19.8 Å². The number of hydrogen-bond acceptors (Lipinski definition) is 7. The van der Waals surface area contributed by atoms with Gasteiger partial charge in [-0.3, -0.25) is 19.5 Å². The number of piperazine rings is 1. The number of likely N-dealkylation sites (tertiary alicyclic amines) is 1. The second-order valence-electron chi connectivity index (χ2n) is 12.6. The maximum absolute atomic E-state index is 16.8. The molecule has 0 bridgehead atoms. The maximum atomic E-state index is 16.8. The Kier molecular flexibility index (Phi) is 6.70. The van der Waals surface area contributed by atoms with Gasteiger partial charge < -0.3 is 19.4 Å². The van der Waals surface area contributed by atoms with Crippen molar-refractivity contribution in [2.45, 2.75) is 43.9 Å². The number of ether oxygens (including phenoxy) is 1. The van der Waals surface area contributed by atoms with Crippen molar-refractivity contribution >= 4 is 56.5 Å². The predicted molar refractivity (Wildman–Crippen MR) is 172 cm³/mol. The zero-order valence-corrected chi connectivity index (χ0v) is 26.1. The van der Waals surface area contributed by atoms with E-state index >= 15 is 4.39 Å². The van der Waals surface area contributed by atoms with E-state index in [0.29, 0.717) is 39.6 Å². The Bertz CT molecular complexity index is 1990. The van der Waals surface area contributed by atoms with Gasteiger partial charge in [-0.05, 0) is 50.9 Å². The minimum Gasteiger partial charge on any atom is -0.474 e. The molecule has 0 unspecified atom stereocenters. The smallest absolute Gasteiger partial charge is 0.252 e. The van der Waals surface area contributed by atoms with Crippen LogP contribution in [0.15, 0.2) is 49.2 Å². The summed E-state index contributed by atoms with van der Waals surface area (Å²) in [6.45, 7) is 7.16. The van der Waals surface area contributed by atoms with Crippen LogP contribution in [0, 0.1) is 11.6 Å². The highest BCUT2D eigenvalue weighted by molar-refractivity contribution is 6.36. The Morgan fingerprint density at radius 1 is 1.15 bits per heavy atom. The maximum Gasteiger partial charge on any atom is 0.252 e. The molecule has 236 valence electrons. The molecule has 4 aliphatic rings. The molecule has 2 amide bonds. The highest BCUT2D eigenvalue weighted by Gasteiger charge is 2.52. The molecule has 0 aliphatic carbocycles. The van der Waals surface area contributed by atoms with Crippen LogP contribution in [0.3, 0.4) is 0 Å². The number of rotatable bonds is 3. The molecule has 8 rings (SSSR count). The number of fused-ring (bicyclic) bond motifs is 5. The highest BCUT2D eigenvalue weighted by atomic mass is 35.5. The fourth-order valence-electron chi connectivity index (χ4n) is 7.85. The van der Waals surface area contributed by atoms with Gasteiger partial charge in [0.15, 0.2) is 5.82 Å². The van der Waals surface area contributed by atoms with Gasteiger partial charge in [-0.25, -0.2) is 13.8 Å². The normalized spacial score (nSPS) is 24.3. The molecule has 9 nitrogen and oxygen atoms in total. The molecule has 2 fully saturated rings. The van der Waals surface area contributed by atoms with E-state index < -0.39 is 17.7 Å². The molecule has 46 heavy (non-hydrogen) atoms. The Balaban J connectivity index is 1.36. The van der Waals surface area contributed by atoms with Crippen molar-refractivity contribution in [2.24, 2.45) is 0 Å². The lowest BCUT2D eigenvalue weighted by Crippen LogP contribution is -2.69. The zero-order chi connectivity index (χ0) is 32.0. The van der Waals surface area contributed by atoms with E-state index in [2.05, 4.69) is 21.4 Å². The molecule has 4 aromatic rings. The predicted octanol–water partition coefficient (Wildman–Crippen LogP) is 5.18. The SMILES string of the molecule is C=CC(=O)N1C[C@@H]2C(=O)N3c4c(nc5c(F)c(-c6cccc7ccc(F)c(Cl)c67)ncc5c4N2C[C@H]1C)OC[C@H]3[C@@H]1CCCN1C. The number of pyridine rings is 2. The average Bonchev–Trinajstić information content (AvgIpc) is 3.49. The molecule has 6 heterocycles. The molecular weight excluding hydrogens is 614 g/mol. The van der Waals surface area contributed by atoms with E-state index in [-0.39, 0.29) is 65.2 Å². The number of nitrogens with zero attached hydrogens (tertiary/aromatic N) is 6. The third-order valence-electron chi connectivity index (χ3n) is 10.1. The van der Waals surface area contributed by atoms with Gasteiger partial charge in [-0.1, -0.05) is 42.4 Å². The van der Waals surface area contributed by atoms with Gasteiger partial charge in [0.05, 0.1) is 23.3 Å². The summed E-state index contributed by atoms with van der Waals surface area (Å²) < 4.78 is 37.7. The number of carbonyl (C=O) groups excluding carboxylic acids is 2. The van der Waals surface area contributed by atoms with Crippen molar-refractivity contribution in [1.82, 2.24) is 19.8 Å². The van der Waals surface area contributed by atoms with Crippen LogP contribution in [0.4, 0.5) is 20.2 Å². The number of halogens is 3. The van der Waals surface area contributed by atoms with Crippen LogP contribution in [0.2, 0.25) is 5.02 Å². The van der Waals surface area contributed by atoms with Gasteiger partial charge in [0, 0.05) is 41.2 Å². The van der Waals surface area contributed by atoms with Crippen molar-refractivity contribution in [3.63, 3.8) is 0 Å². The number of carbonyl (C=O) groups is 2. The van der Waals surface area contributed by atoms with Gasteiger partial charge in [0.1, 0.15) is 35.4 Å². The molecule has 0 spiro atoms. The summed E-state index contributed by atoms with van der Waals surface area (Å²) in [5, 5.41) is 1.29. The summed E-state index contributed by atoms with van der Waals surface area (Å²) >= 11 is 6.40. The summed E-state index contributed by atoms with van der Waals surface area (Å²) in [4.78, 5) is 44.3. The minimum atomic E-state index is -0.709. The number of benzene rings is 2. The fourth-order valence-corrected chi connectivity index (χ4v) is 8.12. The number of hydrogen-bond donors (Lipinski definition) is 0. The zero-order valence-electron chi connectivity index (χ0n) is 25.3. The quantitative estimate of drug-likeness (QED) is 0.285. The third-order valence-corrected chi connectivity index (χ3v) is 10.4. The summed E-state index contributed by atoms with van der Waals surface area (Å²) in [7, 11) is 2.05. The van der Waals surface area contributed by atoms with E-state index in [9.17, 15) is 14.0 Å². The monoisotopic (exact) mass is 644 g/mol. The van der Waals surface area contributed by atoms with Crippen molar-refractivity contribution in [3.05, 3.63) is 65.8 Å². The molecule has 0 radical (unpaired) electrons. The van der Waals surface area contributed by atoms with E-state index in [1.807, 2.05) is 18.9 Å². The van der Waals surface area contributed by atoms with Crippen LogP contribution < -0.4 is 14.5 Å². The molecule has 4 atom stereocenters. The molecule has 0 N–H and O–H groups in total. The van der Waals surface area contributed by atoms with Crippen LogP contribution in [-0.2, 0) is 9.59 Å². The molecule has 0 saturated carbocycles. The number of aromatic nitrogens is 2. The molecule has 2 saturated heterocycles. The van der Waals surface area contributed by atoms with Crippen molar-refractivity contribution in [1.29, 1.82) is 0 Å². The lowest BCUT2D eigenvalue weighted by Gasteiger charge is -2.53. The van der Waals surface area contributed by atoms with Crippen LogP contribution in [0.25, 0.3) is 32.9 Å². The molecule has 2 aromatic carbocycles. The Labute approximate surface area is 269 Å². The van der Waals surface area contributed by atoms with Crippen LogP contribution >= 0.6 is 11.6 Å². The van der Waals surface area contributed by atoms with Crippen LogP contribution in [0.5, 0.6) is 5.88 Å². The second kappa shape index (κ2) is 10.6. The first kappa shape index (κ1) is 29.1. The van der Waals surface area contributed by atoms with Crippen molar-refractivity contribution in [2.75, 3.05) is 43.1 Å². The highest BCUT2D eigenvalue weighted by Crippen LogP contribution is 2.51. The summed E-state index contributed by atoms with van der Waals surface area (Å²) in [5.41, 5.74) is 1.43. The van der Waals surface area contributed by atoms with Gasteiger partial charge in [0.25, 0.3) is 5.91 Å². The first-order valence-corrected chi connectivity index (χ1v) is 15.8. The van der Waals surface area contributed by atoms with Gasteiger partial charge in [-0.15, -0.1) is 0 Å². The number of anilines is 2. The number of likely N-dealkylation sites (N-methyl/N-ethyl adjacent to an activating group) is 1. The average molecular weight is 645 g/mol. The van der Waals surface area contributed by atoms with Crippen molar-refractivity contribution in [3.8, 4) is 17.1 Å². The van der Waals surface area contributed by atoms with E-state index in [4.69, 9.17) is 16.3 Å². The first-order chi connectivity index (χ1) is 22.2.